The molecule has 0 aliphatic heterocycles. The second-order valence-electron chi connectivity index (χ2n) is 5.61. The molecule has 5 nitrogen and oxygen atoms in total. The van der Waals surface area contributed by atoms with Gasteiger partial charge >= 0.3 is 5.97 Å². The zero-order valence-electron chi connectivity index (χ0n) is 14.2. The van der Waals surface area contributed by atoms with E-state index in [0.29, 0.717) is 21.5 Å². The number of fused-ring (bicyclic) bond motifs is 1. The molecule has 1 N–H and O–H groups in total. The van der Waals surface area contributed by atoms with Crippen molar-refractivity contribution in [3.63, 3.8) is 0 Å². The Kier molecular flexibility index (Phi) is 4.34. The van der Waals surface area contributed by atoms with Gasteiger partial charge in [-0.2, -0.15) is 0 Å². The summed E-state index contributed by atoms with van der Waals surface area (Å²) >= 11 is 1.28. The SMILES string of the molecule is COC(=O)c1c(NC(=O)c2oc3c(F)cccc3c2C)sc(C)c1C. The summed E-state index contributed by atoms with van der Waals surface area (Å²) in [5, 5.41) is 3.61. The summed E-state index contributed by atoms with van der Waals surface area (Å²) in [6.07, 6.45) is 0. The van der Waals surface area contributed by atoms with Gasteiger partial charge in [-0.3, -0.25) is 4.79 Å². The minimum absolute atomic E-state index is 0.0135. The largest absolute Gasteiger partial charge is 0.465 e. The molecule has 0 atom stereocenters. The zero-order valence-corrected chi connectivity index (χ0v) is 15.0. The lowest BCUT2D eigenvalue weighted by Gasteiger charge is -2.05. The van der Waals surface area contributed by atoms with E-state index in [4.69, 9.17) is 9.15 Å². The number of para-hydroxylation sites is 1. The number of esters is 1. The predicted molar refractivity (Wildman–Crippen MR) is 94.0 cm³/mol. The topological polar surface area (TPSA) is 68.5 Å². The molecule has 1 amide bonds. The Labute approximate surface area is 147 Å². The molecule has 25 heavy (non-hydrogen) atoms. The van der Waals surface area contributed by atoms with E-state index in [-0.39, 0.29) is 11.3 Å². The number of thiophene rings is 1. The Bertz CT molecular complexity index is 1000. The summed E-state index contributed by atoms with van der Waals surface area (Å²) in [6, 6.07) is 4.52. The van der Waals surface area contributed by atoms with Crippen LogP contribution in [0.5, 0.6) is 0 Å². The van der Waals surface area contributed by atoms with Crippen LogP contribution in [0.2, 0.25) is 0 Å². The summed E-state index contributed by atoms with van der Waals surface area (Å²) in [4.78, 5) is 25.5. The molecule has 1 aromatic carbocycles. The summed E-state index contributed by atoms with van der Waals surface area (Å²) in [5.74, 6) is -1.58. The average Bonchev–Trinajstić information content (AvgIpc) is 3.06. The molecule has 0 aliphatic carbocycles. The number of amides is 1. The van der Waals surface area contributed by atoms with E-state index in [1.807, 2.05) is 6.92 Å². The maximum absolute atomic E-state index is 13.9. The summed E-state index contributed by atoms with van der Waals surface area (Å²) in [5.41, 5.74) is 1.64. The molecule has 3 aromatic rings. The van der Waals surface area contributed by atoms with Crippen molar-refractivity contribution < 1.29 is 23.1 Å². The van der Waals surface area contributed by atoms with Crippen LogP contribution in [0.25, 0.3) is 11.0 Å². The summed E-state index contributed by atoms with van der Waals surface area (Å²) < 4.78 is 24.1. The van der Waals surface area contributed by atoms with Gasteiger partial charge < -0.3 is 14.5 Å². The van der Waals surface area contributed by atoms with Gasteiger partial charge in [0.15, 0.2) is 17.2 Å². The Balaban J connectivity index is 2.02. The van der Waals surface area contributed by atoms with Gasteiger partial charge in [0.05, 0.1) is 12.7 Å². The number of carbonyl (C=O) groups is 2. The van der Waals surface area contributed by atoms with Crippen LogP contribution in [-0.2, 0) is 4.74 Å². The van der Waals surface area contributed by atoms with Crippen LogP contribution in [0.1, 0.15) is 36.9 Å². The van der Waals surface area contributed by atoms with Crippen molar-refractivity contribution in [2.45, 2.75) is 20.8 Å². The molecule has 0 saturated carbocycles. The molecule has 0 aliphatic rings. The van der Waals surface area contributed by atoms with Crippen LogP contribution in [0.15, 0.2) is 22.6 Å². The zero-order chi connectivity index (χ0) is 18.3. The highest BCUT2D eigenvalue weighted by molar-refractivity contribution is 7.16. The fourth-order valence-electron chi connectivity index (χ4n) is 2.65. The van der Waals surface area contributed by atoms with E-state index in [2.05, 4.69) is 5.32 Å². The molecule has 0 spiro atoms. The first kappa shape index (κ1) is 17.2. The van der Waals surface area contributed by atoms with Crippen molar-refractivity contribution in [1.29, 1.82) is 0 Å². The Morgan fingerprint density at radius 2 is 1.92 bits per heavy atom. The second kappa shape index (κ2) is 6.33. The Morgan fingerprint density at radius 1 is 1.20 bits per heavy atom. The average molecular weight is 361 g/mol. The number of carbonyl (C=O) groups excluding carboxylic acids is 2. The number of furan rings is 1. The fourth-order valence-corrected chi connectivity index (χ4v) is 3.69. The smallest absolute Gasteiger partial charge is 0.341 e. The molecular weight excluding hydrogens is 345 g/mol. The Morgan fingerprint density at radius 3 is 2.56 bits per heavy atom. The van der Waals surface area contributed by atoms with Gasteiger partial charge in [0, 0.05) is 15.8 Å². The first-order valence-corrected chi connectivity index (χ1v) is 8.34. The molecule has 0 bridgehead atoms. The monoisotopic (exact) mass is 361 g/mol. The molecule has 7 heteroatoms. The summed E-state index contributed by atoms with van der Waals surface area (Å²) in [6.45, 7) is 5.33. The first-order valence-electron chi connectivity index (χ1n) is 7.52. The Hall–Kier alpha value is -2.67. The highest BCUT2D eigenvalue weighted by atomic mass is 32.1. The van der Waals surface area contributed by atoms with Crippen LogP contribution in [0, 0.1) is 26.6 Å². The van der Waals surface area contributed by atoms with E-state index in [9.17, 15) is 14.0 Å². The molecule has 0 saturated heterocycles. The minimum Gasteiger partial charge on any atom is -0.465 e. The standard InChI is InChI=1S/C18H16FNO4S/c1-8-10(3)25-17(13(8)18(22)23-4)20-16(21)14-9(2)11-6-5-7-12(19)15(11)24-14/h5-7H,1-4H3,(H,20,21). The number of rotatable bonds is 3. The van der Waals surface area contributed by atoms with Crippen LogP contribution in [-0.4, -0.2) is 19.0 Å². The summed E-state index contributed by atoms with van der Waals surface area (Å²) in [7, 11) is 1.28. The number of aryl methyl sites for hydroxylation is 2. The maximum atomic E-state index is 13.9. The van der Waals surface area contributed by atoms with Crippen LogP contribution in [0.3, 0.4) is 0 Å². The third-order valence-corrected chi connectivity index (χ3v) is 5.25. The van der Waals surface area contributed by atoms with Crippen LogP contribution < -0.4 is 5.32 Å². The molecule has 0 fully saturated rings. The predicted octanol–water partition coefficient (Wildman–Crippen LogP) is 4.60. The van der Waals surface area contributed by atoms with E-state index in [1.54, 1.807) is 26.0 Å². The minimum atomic E-state index is -0.542. The molecule has 2 heterocycles. The van der Waals surface area contributed by atoms with Crippen LogP contribution in [0.4, 0.5) is 9.39 Å². The highest BCUT2D eigenvalue weighted by Gasteiger charge is 2.25. The number of anilines is 1. The molecule has 3 rings (SSSR count). The van der Waals surface area contributed by atoms with E-state index in [1.165, 1.54) is 24.5 Å². The van der Waals surface area contributed by atoms with Crippen molar-refractivity contribution in [2.75, 3.05) is 12.4 Å². The van der Waals surface area contributed by atoms with Crippen molar-refractivity contribution in [3.05, 3.63) is 51.3 Å². The van der Waals surface area contributed by atoms with E-state index >= 15 is 0 Å². The number of ether oxygens (including phenoxy) is 1. The van der Waals surface area contributed by atoms with Crippen LogP contribution >= 0.6 is 11.3 Å². The number of halogens is 1. The molecule has 130 valence electrons. The van der Waals surface area contributed by atoms with Gasteiger partial charge in [-0.15, -0.1) is 11.3 Å². The lowest BCUT2D eigenvalue weighted by atomic mass is 10.1. The lowest BCUT2D eigenvalue weighted by Crippen LogP contribution is -2.14. The molecule has 0 radical (unpaired) electrons. The molecule has 0 unspecified atom stereocenters. The second-order valence-corrected chi connectivity index (χ2v) is 6.83. The van der Waals surface area contributed by atoms with Crippen molar-refractivity contribution in [3.8, 4) is 0 Å². The van der Waals surface area contributed by atoms with Crippen molar-refractivity contribution >= 4 is 39.2 Å². The highest BCUT2D eigenvalue weighted by Crippen LogP contribution is 2.34. The van der Waals surface area contributed by atoms with Crippen molar-refractivity contribution in [1.82, 2.24) is 0 Å². The van der Waals surface area contributed by atoms with E-state index < -0.39 is 17.7 Å². The third kappa shape index (κ3) is 2.80. The number of benzene rings is 1. The molecule has 2 aromatic heterocycles. The van der Waals surface area contributed by atoms with E-state index in [0.717, 1.165) is 10.4 Å². The van der Waals surface area contributed by atoms with Gasteiger partial charge in [-0.1, -0.05) is 12.1 Å². The normalized spacial score (nSPS) is 10.9. The number of nitrogens with one attached hydrogen (secondary N) is 1. The van der Waals surface area contributed by atoms with Gasteiger partial charge in [0.25, 0.3) is 5.91 Å². The lowest BCUT2D eigenvalue weighted by molar-refractivity contribution is 0.0601. The number of hydrogen-bond acceptors (Lipinski definition) is 5. The van der Waals surface area contributed by atoms with Gasteiger partial charge in [0.2, 0.25) is 0 Å². The molecular formula is C18H16FNO4S. The van der Waals surface area contributed by atoms with Gasteiger partial charge in [0.1, 0.15) is 5.00 Å². The maximum Gasteiger partial charge on any atom is 0.341 e. The van der Waals surface area contributed by atoms with Crippen molar-refractivity contribution in [2.24, 2.45) is 0 Å². The first-order chi connectivity index (χ1) is 11.8. The number of hydrogen-bond donors (Lipinski definition) is 1. The quantitative estimate of drug-likeness (QED) is 0.693. The van der Waals surface area contributed by atoms with Gasteiger partial charge in [-0.05, 0) is 32.4 Å². The third-order valence-electron chi connectivity index (χ3n) is 4.12. The van der Waals surface area contributed by atoms with Gasteiger partial charge in [-0.25, -0.2) is 9.18 Å². The fraction of sp³-hybridized carbons (Fsp3) is 0.222. The number of methoxy groups -OCH3 is 1.